The van der Waals surface area contributed by atoms with E-state index in [9.17, 15) is 5.11 Å². The number of phenolic OH excluding ortho intramolecular Hbond substituents is 1. The standard InChI is InChI=1S/C25H29IN2O.2ClH/c26-24-16-22(29)8-7-20(24)17-27-13-3-5-21(18-27)28-14-11-25(12-15-28)10-9-19-4-1-2-6-23(19)25;;/h1-2,4,6-10,16,21,29H,3,5,11-15,17-18H2;2*1H. The Hall–Kier alpha value is -0.790. The molecule has 1 unspecified atom stereocenters. The Balaban J connectivity index is 0.00000136. The molecular formula is C25H31Cl2IN2O. The fourth-order valence-electron chi connectivity index (χ4n) is 5.54. The molecule has 2 aromatic rings. The predicted octanol–water partition coefficient (Wildman–Crippen LogP) is 5.87. The first-order valence-corrected chi connectivity index (χ1v) is 11.9. The van der Waals surface area contributed by atoms with Crippen molar-refractivity contribution in [3.8, 4) is 5.75 Å². The first-order chi connectivity index (χ1) is 14.1. The zero-order valence-electron chi connectivity index (χ0n) is 17.7. The summed E-state index contributed by atoms with van der Waals surface area (Å²) in [6, 6.07) is 15.4. The van der Waals surface area contributed by atoms with Gasteiger partial charge >= 0.3 is 0 Å². The van der Waals surface area contributed by atoms with Crippen LogP contribution in [0.4, 0.5) is 0 Å². The van der Waals surface area contributed by atoms with Crippen LogP contribution in [0.5, 0.6) is 5.75 Å². The molecule has 0 radical (unpaired) electrons. The average Bonchev–Trinajstić information content (AvgIpc) is 3.09. The molecule has 1 aliphatic carbocycles. The van der Waals surface area contributed by atoms with E-state index in [4.69, 9.17) is 0 Å². The van der Waals surface area contributed by atoms with Gasteiger partial charge in [0.2, 0.25) is 0 Å². The number of piperidine rings is 2. The number of allylic oxidation sites excluding steroid dienone is 1. The van der Waals surface area contributed by atoms with Gasteiger partial charge in [0.1, 0.15) is 5.75 Å². The molecule has 2 heterocycles. The second kappa shape index (κ2) is 10.4. The van der Waals surface area contributed by atoms with Crippen LogP contribution < -0.4 is 0 Å². The molecule has 3 aliphatic rings. The number of hydrogen-bond acceptors (Lipinski definition) is 3. The van der Waals surface area contributed by atoms with Gasteiger partial charge in [0.05, 0.1) is 0 Å². The normalized spacial score (nSPS) is 22.5. The number of likely N-dealkylation sites (tertiary alicyclic amines) is 2. The second-order valence-corrected chi connectivity index (χ2v) is 10.1. The van der Waals surface area contributed by atoms with Crippen LogP contribution in [0.1, 0.15) is 42.4 Å². The average molecular weight is 573 g/mol. The largest absolute Gasteiger partial charge is 0.508 e. The van der Waals surface area contributed by atoms with Crippen molar-refractivity contribution in [3.05, 3.63) is 68.8 Å². The highest BCUT2D eigenvalue weighted by Crippen LogP contribution is 2.44. The quantitative estimate of drug-likeness (QED) is 0.466. The van der Waals surface area contributed by atoms with E-state index in [1.165, 1.54) is 56.4 Å². The zero-order chi connectivity index (χ0) is 19.8. The van der Waals surface area contributed by atoms with E-state index in [0.29, 0.717) is 11.8 Å². The van der Waals surface area contributed by atoms with E-state index >= 15 is 0 Å². The Morgan fingerprint density at radius 2 is 1.81 bits per heavy atom. The van der Waals surface area contributed by atoms with E-state index in [-0.39, 0.29) is 30.2 Å². The lowest BCUT2D eigenvalue weighted by Gasteiger charge is -2.45. The van der Waals surface area contributed by atoms with Gasteiger partial charge in [-0.15, -0.1) is 24.8 Å². The highest BCUT2D eigenvalue weighted by molar-refractivity contribution is 14.1. The van der Waals surface area contributed by atoms with Gasteiger partial charge in [-0.05, 0) is 96.7 Å². The van der Waals surface area contributed by atoms with Crippen molar-refractivity contribution < 1.29 is 5.11 Å². The summed E-state index contributed by atoms with van der Waals surface area (Å²) in [7, 11) is 0. The van der Waals surface area contributed by atoms with Gasteiger partial charge in [0.15, 0.2) is 0 Å². The molecule has 168 valence electrons. The number of halogens is 3. The maximum Gasteiger partial charge on any atom is 0.116 e. The third kappa shape index (κ3) is 5.09. The van der Waals surface area contributed by atoms with Crippen molar-refractivity contribution in [2.75, 3.05) is 26.2 Å². The highest BCUT2D eigenvalue weighted by Gasteiger charge is 2.39. The summed E-state index contributed by atoms with van der Waals surface area (Å²) >= 11 is 2.35. The maximum atomic E-state index is 9.67. The first-order valence-electron chi connectivity index (χ1n) is 10.9. The fraction of sp³-hybridized carbons (Fsp3) is 0.440. The third-order valence-corrected chi connectivity index (χ3v) is 8.20. The third-order valence-electron chi connectivity index (χ3n) is 7.20. The molecule has 1 spiro atoms. The number of benzene rings is 2. The first kappa shape index (κ1) is 24.8. The lowest BCUT2D eigenvalue weighted by atomic mass is 9.74. The molecule has 31 heavy (non-hydrogen) atoms. The second-order valence-electron chi connectivity index (χ2n) is 8.92. The molecular weight excluding hydrogens is 542 g/mol. The molecule has 0 saturated carbocycles. The van der Waals surface area contributed by atoms with Gasteiger partial charge in [-0.2, -0.15) is 0 Å². The van der Waals surface area contributed by atoms with Gasteiger partial charge < -0.3 is 5.11 Å². The summed E-state index contributed by atoms with van der Waals surface area (Å²) in [5.74, 6) is 0.361. The predicted molar refractivity (Wildman–Crippen MR) is 142 cm³/mol. The maximum absolute atomic E-state index is 9.67. The molecule has 0 amide bonds. The number of nitrogens with zero attached hydrogens (tertiary/aromatic N) is 2. The number of rotatable bonds is 3. The highest BCUT2D eigenvalue weighted by atomic mass is 127. The number of fused-ring (bicyclic) bond motifs is 2. The molecule has 1 N–H and O–H groups in total. The van der Waals surface area contributed by atoms with Crippen LogP contribution in [0, 0.1) is 3.57 Å². The Morgan fingerprint density at radius 1 is 1.03 bits per heavy atom. The van der Waals surface area contributed by atoms with E-state index < -0.39 is 0 Å². The van der Waals surface area contributed by atoms with E-state index in [1.54, 1.807) is 5.56 Å². The minimum absolute atomic E-state index is 0. The van der Waals surface area contributed by atoms with E-state index in [2.05, 4.69) is 74.9 Å². The molecule has 2 aromatic carbocycles. The number of aromatic hydroxyl groups is 1. The summed E-state index contributed by atoms with van der Waals surface area (Å²) in [4.78, 5) is 5.37. The van der Waals surface area contributed by atoms with Gasteiger partial charge in [-0.1, -0.05) is 42.5 Å². The summed E-state index contributed by atoms with van der Waals surface area (Å²) in [6.45, 7) is 5.74. The van der Waals surface area contributed by atoms with E-state index in [1.807, 2.05) is 12.1 Å². The summed E-state index contributed by atoms with van der Waals surface area (Å²) < 4.78 is 1.16. The van der Waals surface area contributed by atoms with Crippen LogP contribution in [0.25, 0.3) is 6.08 Å². The van der Waals surface area contributed by atoms with Gasteiger partial charge in [0, 0.05) is 28.1 Å². The number of hydrogen-bond donors (Lipinski definition) is 1. The van der Waals surface area contributed by atoms with Crippen molar-refractivity contribution in [1.82, 2.24) is 9.80 Å². The van der Waals surface area contributed by atoms with Gasteiger partial charge in [0.25, 0.3) is 0 Å². The fourth-order valence-corrected chi connectivity index (χ4v) is 6.21. The van der Waals surface area contributed by atoms with Crippen LogP contribution in [0.15, 0.2) is 48.5 Å². The lowest BCUT2D eigenvalue weighted by molar-refractivity contribution is 0.0658. The van der Waals surface area contributed by atoms with Gasteiger partial charge in [-0.25, -0.2) is 0 Å². The van der Waals surface area contributed by atoms with E-state index in [0.717, 1.165) is 16.7 Å². The Morgan fingerprint density at radius 3 is 2.58 bits per heavy atom. The Labute approximate surface area is 211 Å². The topological polar surface area (TPSA) is 26.7 Å². The molecule has 2 fully saturated rings. The molecule has 3 nitrogen and oxygen atoms in total. The van der Waals surface area contributed by atoms with Crippen LogP contribution in [0.2, 0.25) is 0 Å². The molecule has 6 heteroatoms. The van der Waals surface area contributed by atoms with Crippen molar-refractivity contribution in [2.24, 2.45) is 0 Å². The molecule has 1 atom stereocenters. The Kier molecular flexibility index (Phi) is 8.36. The van der Waals surface area contributed by atoms with Crippen molar-refractivity contribution >= 4 is 53.5 Å². The van der Waals surface area contributed by atoms with Crippen LogP contribution in [0.3, 0.4) is 0 Å². The lowest BCUT2D eigenvalue weighted by Crippen LogP contribution is -2.52. The smallest absolute Gasteiger partial charge is 0.116 e. The molecule has 2 saturated heterocycles. The Bertz CT molecular complexity index is 927. The van der Waals surface area contributed by atoms with Crippen LogP contribution in [-0.4, -0.2) is 47.1 Å². The van der Waals surface area contributed by atoms with Crippen LogP contribution >= 0.6 is 47.4 Å². The summed E-state index contributed by atoms with van der Waals surface area (Å²) in [5.41, 5.74) is 4.58. The SMILES string of the molecule is Cl.Cl.Oc1ccc(CN2CCCC(N3CCC4(C=Cc5ccccc54)CC3)C2)c(I)c1. The summed E-state index contributed by atoms with van der Waals surface area (Å²) in [6.07, 6.45) is 9.91. The zero-order valence-corrected chi connectivity index (χ0v) is 21.5. The minimum atomic E-state index is 0. The minimum Gasteiger partial charge on any atom is -0.508 e. The van der Waals surface area contributed by atoms with Crippen molar-refractivity contribution in [3.63, 3.8) is 0 Å². The molecule has 5 rings (SSSR count). The van der Waals surface area contributed by atoms with Crippen molar-refractivity contribution in [1.29, 1.82) is 0 Å². The number of phenols is 1. The molecule has 0 bridgehead atoms. The summed E-state index contributed by atoms with van der Waals surface area (Å²) in [5, 5.41) is 9.67. The van der Waals surface area contributed by atoms with Crippen molar-refractivity contribution in [2.45, 2.75) is 43.7 Å². The van der Waals surface area contributed by atoms with Crippen LogP contribution in [-0.2, 0) is 12.0 Å². The molecule has 2 aliphatic heterocycles. The van der Waals surface area contributed by atoms with Gasteiger partial charge in [-0.3, -0.25) is 9.80 Å². The monoisotopic (exact) mass is 572 g/mol. The molecule has 0 aromatic heterocycles.